The van der Waals surface area contributed by atoms with Crippen LogP contribution in [0.15, 0.2) is 0 Å². The SMILES string of the molecule is CNC(=O)CN1CCC(NC2CCN3CCCC3C2)CC1. The lowest BCUT2D eigenvalue weighted by molar-refractivity contribution is -0.122. The number of piperidine rings is 2. The van der Waals surface area contributed by atoms with Crippen molar-refractivity contribution in [3.63, 3.8) is 0 Å². The number of fused-ring (bicyclic) bond motifs is 1. The molecule has 5 nitrogen and oxygen atoms in total. The van der Waals surface area contributed by atoms with Gasteiger partial charge in [-0.15, -0.1) is 0 Å². The van der Waals surface area contributed by atoms with Gasteiger partial charge in [0.25, 0.3) is 0 Å². The molecule has 0 bridgehead atoms. The Kier molecular flexibility index (Phi) is 5.14. The van der Waals surface area contributed by atoms with E-state index in [-0.39, 0.29) is 5.91 Å². The van der Waals surface area contributed by atoms with Crippen LogP contribution in [0.4, 0.5) is 0 Å². The molecule has 3 aliphatic heterocycles. The van der Waals surface area contributed by atoms with Gasteiger partial charge in [0.15, 0.2) is 0 Å². The quantitative estimate of drug-likeness (QED) is 0.789. The van der Waals surface area contributed by atoms with Crippen molar-refractivity contribution in [2.75, 3.05) is 39.8 Å². The standard InChI is InChI=1S/C16H30N4O/c1-17-16(21)12-19-8-4-13(5-9-19)18-14-6-10-20-7-2-3-15(20)11-14/h13-15,18H,2-12H2,1H3,(H,17,21). The summed E-state index contributed by atoms with van der Waals surface area (Å²) >= 11 is 0. The maximum Gasteiger partial charge on any atom is 0.233 e. The number of amides is 1. The van der Waals surface area contributed by atoms with E-state index in [0.29, 0.717) is 12.6 Å². The summed E-state index contributed by atoms with van der Waals surface area (Å²) in [4.78, 5) is 16.4. The number of carbonyl (C=O) groups excluding carboxylic acids is 1. The number of rotatable bonds is 4. The highest BCUT2D eigenvalue weighted by atomic mass is 16.1. The first-order chi connectivity index (χ1) is 10.2. The van der Waals surface area contributed by atoms with Gasteiger partial charge in [-0.1, -0.05) is 0 Å². The van der Waals surface area contributed by atoms with Crippen LogP contribution in [0.1, 0.15) is 38.5 Å². The highest BCUT2D eigenvalue weighted by Gasteiger charge is 2.32. The lowest BCUT2D eigenvalue weighted by atomic mass is 9.95. The molecule has 3 aliphatic rings. The first kappa shape index (κ1) is 15.3. The van der Waals surface area contributed by atoms with Crippen molar-refractivity contribution in [1.29, 1.82) is 0 Å². The second-order valence-electron chi connectivity index (χ2n) is 6.94. The summed E-state index contributed by atoms with van der Waals surface area (Å²) in [6, 6.07) is 2.23. The van der Waals surface area contributed by atoms with Gasteiger partial charge in [-0.2, -0.15) is 0 Å². The maximum absolute atomic E-state index is 11.4. The number of likely N-dealkylation sites (N-methyl/N-ethyl adjacent to an activating group) is 1. The third-order valence-electron chi connectivity index (χ3n) is 5.53. The van der Waals surface area contributed by atoms with Crippen molar-refractivity contribution in [1.82, 2.24) is 20.4 Å². The molecule has 0 aliphatic carbocycles. The van der Waals surface area contributed by atoms with Crippen LogP contribution in [-0.2, 0) is 4.79 Å². The Balaban J connectivity index is 1.38. The van der Waals surface area contributed by atoms with Crippen LogP contribution in [0.3, 0.4) is 0 Å². The second kappa shape index (κ2) is 7.07. The molecule has 3 heterocycles. The summed E-state index contributed by atoms with van der Waals surface area (Å²) in [5.74, 6) is 0.134. The smallest absolute Gasteiger partial charge is 0.233 e. The molecule has 120 valence electrons. The van der Waals surface area contributed by atoms with E-state index in [1.54, 1.807) is 7.05 Å². The first-order valence-corrected chi connectivity index (χ1v) is 8.67. The molecule has 0 spiro atoms. The predicted octanol–water partition coefficient (Wildman–Crippen LogP) is 0.413. The number of likely N-dealkylation sites (tertiary alicyclic amines) is 1. The van der Waals surface area contributed by atoms with E-state index < -0.39 is 0 Å². The monoisotopic (exact) mass is 294 g/mol. The molecule has 2 N–H and O–H groups in total. The Bertz CT molecular complexity index is 354. The molecule has 3 rings (SSSR count). The van der Waals surface area contributed by atoms with Crippen LogP contribution in [0.25, 0.3) is 0 Å². The van der Waals surface area contributed by atoms with Gasteiger partial charge in [-0.25, -0.2) is 0 Å². The molecular formula is C16H30N4O. The highest BCUT2D eigenvalue weighted by Crippen LogP contribution is 2.27. The topological polar surface area (TPSA) is 47.6 Å². The molecule has 1 amide bonds. The van der Waals surface area contributed by atoms with Gasteiger partial charge in [0.1, 0.15) is 0 Å². The molecule has 2 unspecified atom stereocenters. The van der Waals surface area contributed by atoms with E-state index in [2.05, 4.69) is 20.4 Å². The third kappa shape index (κ3) is 3.96. The zero-order chi connectivity index (χ0) is 14.7. The molecule has 0 aromatic rings. The minimum absolute atomic E-state index is 0.134. The largest absolute Gasteiger partial charge is 0.358 e. The van der Waals surface area contributed by atoms with Crippen LogP contribution < -0.4 is 10.6 Å². The Hall–Kier alpha value is -0.650. The predicted molar refractivity (Wildman–Crippen MR) is 84.3 cm³/mol. The van der Waals surface area contributed by atoms with Crippen molar-refractivity contribution in [3.8, 4) is 0 Å². The van der Waals surface area contributed by atoms with Crippen LogP contribution in [-0.4, -0.2) is 73.6 Å². The fourth-order valence-electron chi connectivity index (χ4n) is 4.25. The van der Waals surface area contributed by atoms with Crippen molar-refractivity contribution in [2.45, 2.75) is 56.7 Å². The average Bonchev–Trinajstić information content (AvgIpc) is 2.96. The van der Waals surface area contributed by atoms with Gasteiger partial charge >= 0.3 is 0 Å². The number of hydrogen-bond donors (Lipinski definition) is 2. The van der Waals surface area contributed by atoms with Crippen molar-refractivity contribution >= 4 is 5.91 Å². The zero-order valence-electron chi connectivity index (χ0n) is 13.3. The lowest BCUT2D eigenvalue weighted by Crippen LogP contribution is -2.52. The summed E-state index contributed by atoms with van der Waals surface area (Å²) in [6.45, 7) is 5.28. The summed E-state index contributed by atoms with van der Waals surface area (Å²) < 4.78 is 0. The van der Waals surface area contributed by atoms with Gasteiger partial charge in [-0.05, 0) is 51.6 Å². The molecule has 0 aromatic carbocycles. The Labute approximate surface area is 128 Å². The molecule has 21 heavy (non-hydrogen) atoms. The Morgan fingerprint density at radius 1 is 1.05 bits per heavy atom. The molecule has 3 saturated heterocycles. The molecule has 0 radical (unpaired) electrons. The van der Waals surface area contributed by atoms with E-state index in [1.165, 1.54) is 51.6 Å². The molecule has 0 aromatic heterocycles. The highest BCUT2D eigenvalue weighted by molar-refractivity contribution is 5.77. The zero-order valence-corrected chi connectivity index (χ0v) is 13.3. The van der Waals surface area contributed by atoms with Crippen molar-refractivity contribution in [2.24, 2.45) is 0 Å². The van der Waals surface area contributed by atoms with E-state index in [9.17, 15) is 4.79 Å². The third-order valence-corrected chi connectivity index (χ3v) is 5.53. The van der Waals surface area contributed by atoms with Gasteiger partial charge in [0.2, 0.25) is 5.91 Å². The molecule has 5 heteroatoms. The minimum Gasteiger partial charge on any atom is -0.358 e. The number of carbonyl (C=O) groups is 1. The van der Waals surface area contributed by atoms with Crippen LogP contribution in [0, 0.1) is 0 Å². The average molecular weight is 294 g/mol. The Morgan fingerprint density at radius 3 is 2.57 bits per heavy atom. The summed E-state index contributed by atoms with van der Waals surface area (Å²) in [5.41, 5.74) is 0. The van der Waals surface area contributed by atoms with Gasteiger partial charge in [0.05, 0.1) is 6.54 Å². The van der Waals surface area contributed by atoms with Gasteiger partial charge < -0.3 is 15.5 Å². The summed E-state index contributed by atoms with van der Waals surface area (Å²) in [6.07, 6.45) is 7.83. The maximum atomic E-state index is 11.4. The fourth-order valence-corrected chi connectivity index (χ4v) is 4.25. The fraction of sp³-hybridized carbons (Fsp3) is 0.938. The molecular weight excluding hydrogens is 264 g/mol. The van der Waals surface area contributed by atoms with Gasteiger partial charge in [-0.3, -0.25) is 9.69 Å². The normalized spacial score (nSPS) is 32.0. The minimum atomic E-state index is 0.134. The van der Waals surface area contributed by atoms with Crippen LogP contribution >= 0.6 is 0 Å². The summed E-state index contributed by atoms with van der Waals surface area (Å²) in [5, 5.41) is 6.61. The number of nitrogens with one attached hydrogen (secondary N) is 2. The molecule has 0 saturated carbocycles. The van der Waals surface area contributed by atoms with Crippen LogP contribution in [0.2, 0.25) is 0 Å². The van der Waals surface area contributed by atoms with Crippen LogP contribution in [0.5, 0.6) is 0 Å². The van der Waals surface area contributed by atoms with E-state index in [1.807, 2.05) is 0 Å². The van der Waals surface area contributed by atoms with Crippen molar-refractivity contribution in [3.05, 3.63) is 0 Å². The summed E-state index contributed by atoms with van der Waals surface area (Å²) in [7, 11) is 1.71. The number of nitrogens with zero attached hydrogens (tertiary/aromatic N) is 2. The van der Waals surface area contributed by atoms with E-state index in [0.717, 1.165) is 25.2 Å². The Morgan fingerprint density at radius 2 is 1.81 bits per heavy atom. The molecule has 2 atom stereocenters. The van der Waals surface area contributed by atoms with Crippen molar-refractivity contribution < 1.29 is 4.79 Å². The number of hydrogen-bond acceptors (Lipinski definition) is 4. The van der Waals surface area contributed by atoms with Gasteiger partial charge in [0, 0.05) is 38.3 Å². The lowest BCUT2D eigenvalue weighted by Gasteiger charge is -2.39. The second-order valence-corrected chi connectivity index (χ2v) is 6.94. The van der Waals surface area contributed by atoms with E-state index >= 15 is 0 Å². The molecule has 3 fully saturated rings. The van der Waals surface area contributed by atoms with E-state index in [4.69, 9.17) is 0 Å². The first-order valence-electron chi connectivity index (χ1n) is 8.67.